The number of benzene rings is 1. The quantitative estimate of drug-likeness (QED) is 0.600. The van der Waals surface area contributed by atoms with Gasteiger partial charge in [0, 0.05) is 0 Å². The van der Waals surface area contributed by atoms with Crippen molar-refractivity contribution in [1.82, 2.24) is 0 Å². The summed E-state index contributed by atoms with van der Waals surface area (Å²) >= 11 is 0. The molecule has 1 heteroatoms. The maximum atomic E-state index is 3.84. The largest absolute Gasteiger partial charge is 0.265 e. The van der Waals surface area contributed by atoms with Crippen molar-refractivity contribution in [2.24, 2.45) is 4.99 Å². The van der Waals surface area contributed by atoms with E-state index >= 15 is 0 Å². The van der Waals surface area contributed by atoms with Crippen LogP contribution in [0.2, 0.25) is 0 Å². The number of aliphatic imine (C=N–C) groups is 1. The van der Waals surface area contributed by atoms with Crippen molar-refractivity contribution in [2.75, 3.05) is 0 Å². The molecule has 0 saturated carbocycles. The van der Waals surface area contributed by atoms with E-state index in [1.165, 1.54) is 24.8 Å². The van der Waals surface area contributed by atoms with Gasteiger partial charge in [-0.25, -0.2) is 0 Å². The van der Waals surface area contributed by atoms with Gasteiger partial charge in [-0.1, -0.05) is 25.5 Å². The normalized spacial score (nSPS) is 9.75. The minimum atomic E-state index is 0.954. The molecular weight excluding hydrogens is 146 g/mol. The van der Waals surface area contributed by atoms with Crippen molar-refractivity contribution in [3.8, 4) is 0 Å². The van der Waals surface area contributed by atoms with Crippen LogP contribution in [0.1, 0.15) is 25.3 Å². The molecule has 0 aliphatic carbocycles. The first-order chi connectivity index (χ1) is 5.86. The van der Waals surface area contributed by atoms with Crippen LogP contribution in [0.3, 0.4) is 0 Å². The van der Waals surface area contributed by atoms with Crippen molar-refractivity contribution in [3.05, 3.63) is 29.8 Å². The molecule has 0 bridgehead atoms. The van der Waals surface area contributed by atoms with Crippen molar-refractivity contribution in [1.29, 1.82) is 0 Å². The fourth-order valence-electron chi connectivity index (χ4n) is 1.15. The zero-order valence-corrected chi connectivity index (χ0v) is 7.59. The zero-order valence-electron chi connectivity index (χ0n) is 7.59. The van der Waals surface area contributed by atoms with E-state index in [9.17, 15) is 0 Å². The number of hydrogen-bond acceptors (Lipinski definition) is 1. The SMILES string of the molecule is C=Nc1ccc(CCCC)cc1. The number of unbranched alkanes of at least 4 members (excludes halogenated alkanes) is 1. The molecule has 1 aromatic carbocycles. The van der Waals surface area contributed by atoms with Crippen LogP contribution in [0.15, 0.2) is 29.3 Å². The van der Waals surface area contributed by atoms with Crippen LogP contribution >= 0.6 is 0 Å². The second kappa shape index (κ2) is 4.70. The Bertz CT molecular complexity index is 236. The smallest absolute Gasteiger partial charge is 0.0622 e. The van der Waals surface area contributed by atoms with E-state index in [0.29, 0.717) is 0 Å². The molecule has 0 fully saturated rings. The fraction of sp³-hybridized carbons (Fsp3) is 0.364. The highest BCUT2D eigenvalue weighted by molar-refractivity contribution is 5.45. The molecule has 64 valence electrons. The topological polar surface area (TPSA) is 12.4 Å². The average Bonchev–Trinajstić information content (AvgIpc) is 2.15. The van der Waals surface area contributed by atoms with E-state index in [1.54, 1.807) is 0 Å². The van der Waals surface area contributed by atoms with Gasteiger partial charge >= 0.3 is 0 Å². The lowest BCUT2D eigenvalue weighted by molar-refractivity contribution is 0.795. The Morgan fingerprint density at radius 3 is 2.42 bits per heavy atom. The molecule has 1 aromatic rings. The van der Waals surface area contributed by atoms with Crippen molar-refractivity contribution in [3.63, 3.8) is 0 Å². The Kier molecular flexibility index (Phi) is 3.52. The van der Waals surface area contributed by atoms with Gasteiger partial charge in [0.2, 0.25) is 0 Å². The summed E-state index contributed by atoms with van der Waals surface area (Å²) in [7, 11) is 0. The second-order valence-corrected chi connectivity index (χ2v) is 2.93. The second-order valence-electron chi connectivity index (χ2n) is 2.93. The Labute approximate surface area is 74.2 Å². The molecule has 0 aromatic heterocycles. The predicted octanol–water partition coefficient (Wildman–Crippen LogP) is 3.36. The maximum Gasteiger partial charge on any atom is 0.0622 e. The molecular formula is C11H15N. The molecule has 0 amide bonds. The third kappa shape index (κ3) is 2.50. The average molecular weight is 161 g/mol. The van der Waals surface area contributed by atoms with Crippen LogP contribution < -0.4 is 0 Å². The summed E-state index contributed by atoms with van der Waals surface area (Å²) in [4.78, 5) is 3.84. The number of hydrogen-bond donors (Lipinski definition) is 0. The minimum Gasteiger partial charge on any atom is -0.265 e. The molecule has 0 saturated heterocycles. The van der Waals surface area contributed by atoms with Gasteiger partial charge in [0.15, 0.2) is 0 Å². The first-order valence-electron chi connectivity index (χ1n) is 4.42. The van der Waals surface area contributed by atoms with Crippen LogP contribution in [0.5, 0.6) is 0 Å². The molecule has 0 unspecified atom stereocenters. The van der Waals surface area contributed by atoms with Gasteiger partial charge in [0.25, 0.3) is 0 Å². The van der Waals surface area contributed by atoms with Gasteiger partial charge in [-0.15, -0.1) is 0 Å². The lowest BCUT2D eigenvalue weighted by atomic mass is 10.1. The maximum absolute atomic E-state index is 3.84. The Morgan fingerprint density at radius 2 is 1.92 bits per heavy atom. The molecule has 0 heterocycles. The van der Waals surface area contributed by atoms with E-state index in [4.69, 9.17) is 0 Å². The highest BCUT2D eigenvalue weighted by atomic mass is 14.7. The molecule has 0 aliphatic heterocycles. The Balaban J connectivity index is 2.58. The summed E-state index contributed by atoms with van der Waals surface area (Å²) in [5, 5.41) is 0. The first kappa shape index (κ1) is 8.98. The molecule has 1 nitrogen and oxygen atoms in total. The Morgan fingerprint density at radius 1 is 1.25 bits per heavy atom. The first-order valence-corrected chi connectivity index (χ1v) is 4.42. The third-order valence-corrected chi connectivity index (χ3v) is 1.94. The standard InChI is InChI=1S/C11H15N/c1-3-4-5-10-6-8-11(12-2)9-7-10/h6-9H,2-5H2,1H3. The van der Waals surface area contributed by atoms with Crippen molar-refractivity contribution < 1.29 is 0 Å². The number of aryl methyl sites for hydroxylation is 1. The van der Waals surface area contributed by atoms with Crippen molar-refractivity contribution in [2.45, 2.75) is 26.2 Å². The molecule has 0 aliphatic rings. The molecule has 0 spiro atoms. The summed E-state index contributed by atoms with van der Waals surface area (Å²) in [5.74, 6) is 0. The summed E-state index contributed by atoms with van der Waals surface area (Å²) in [5.41, 5.74) is 2.35. The van der Waals surface area contributed by atoms with Gasteiger partial charge in [-0.05, 0) is 37.3 Å². The van der Waals surface area contributed by atoms with E-state index in [1.807, 2.05) is 12.1 Å². The predicted molar refractivity (Wildman–Crippen MR) is 54.3 cm³/mol. The van der Waals surface area contributed by atoms with Crippen molar-refractivity contribution >= 4 is 12.4 Å². The molecule has 0 atom stereocenters. The van der Waals surface area contributed by atoms with Gasteiger partial charge in [0.1, 0.15) is 0 Å². The molecule has 0 N–H and O–H groups in total. The van der Waals surface area contributed by atoms with E-state index in [2.05, 4.69) is 30.8 Å². The fourth-order valence-corrected chi connectivity index (χ4v) is 1.15. The van der Waals surface area contributed by atoms with E-state index in [-0.39, 0.29) is 0 Å². The van der Waals surface area contributed by atoms with Gasteiger partial charge in [-0.2, -0.15) is 0 Å². The summed E-state index contributed by atoms with van der Waals surface area (Å²) in [6, 6.07) is 8.27. The summed E-state index contributed by atoms with van der Waals surface area (Å²) in [6.45, 7) is 5.68. The summed E-state index contributed by atoms with van der Waals surface area (Å²) in [6.07, 6.45) is 3.69. The number of nitrogens with zero attached hydrogens (tertiary/aromatic N) is 1. The van der Waals surface area contributed by atoms with E-state index < -0.39 is 0 Å². The monoisotopic (exact) mass is 161 g/mol. The summed E-state index contributed by atoms with van der Waals surface area (Å²) < 4.78 is 0. The Hall–Kier alpha value is -1.11. The van der Waals surface area contributed by atoms with E-state index in [0.717, 1.165) is 5.69 Å². The highest BCUT2D eigenvalue weighted by Crippen LogP contribution is 2.13. The highest BCUT2D eigenvalue weighted by Gasteiger charge is 1.91. The molecule has 0 radical (unpaired) electrons. The lowest BCUT2D eigenvalue weighted by Gasteiger charge is -1.99. The van der Waals surface area contributed by atoms with Gasteiger partial charge in [0.05, 0.1) is 5.69 Å². The van der Waals surface area contributed by atoms with Crippen LogP contribution in [-0.2, 0) is 6.42 Å². The third-order valence-electron chi connectivity index (χ3n) is 1.94. The van der Waals surface area contributed by atoms with Crippen LogP contribution in [-0.4, -0.2) is 6.72 Å². The lowest BCUT2D eigenvalue weighted by Crippen LogP contribution is -1.82. The van der Waals surface area contributed by atoms with Gasteiger partial charge in [-0.3, -0.25) is 4.99 Å². The molecule has 12 heavy (non-hydrogen) atoms. The minimum absolute atomic E-state index is 0.954. The van der Waals surface area contributed by atoms with Crippen LogP contribution in [0, 0.1) is 0 Å². The molecule has 1 rings (SSSR count). The zero-order chi connectivity index (χ0) is 8.81. The van der Waals surface area contributed by atoms with Crippen LogP contribution in [0.4, 0.5) is 5.69 Å². The van der Waals surface area contributed by atoms with Gasteiger partial charge < -0.3 is 0 Å². The van der Waals surface area contributed by atoms with Crippen LogP contribution in [0.25, 0.3) is 0 Å². The number of rotatable bonds is 4.